The second-order valence-electron chi connectivity index (χ2n) is 12.0. The zero-order valence-electron chi connectivity index (χ0n) is 27.4. The molecular formula is C39H40ClN3O6. The van der Waals surface area contributed by atoms with Crippen molar-refractivity contribution in [2.45, 2.75) is 51.6 Å². The molecule has 3 heterocycles. The number of H-pyrrole nitrogens is 1. The Kier molecular flexibility index (Phi) is 11.3. The van der Waals surface area contributed by atoms with Crippen LogP contribution in [-0.2, 0) is 13.1 Å². The highest BCUT2D eigenvalue weighted by molar-refractivity contribution is 6.17. The number of benzene rings is 3. The molecule has 0 radical (unpaired) electrons. The largest absolute Gasteiger partial charge is 0.494 e. The quantitative estimate of drug-likeness (QED) is 0.0802. The second-order valence-corrected chi connectivity index (χ2v) is 12.4. The number of hydrogen-bond donors (Lipinski definition) is 1. The molecule has 0 atom stereocenters. The van der Waals surface area contributed by atoms with Crippen LogP contribution in [0.25, 0.3) is 32.7 Å². The lowest BCUT2D eigenvalue weighted by Crippen LogP contribution is -2.20. The number of aromatic amines is 1. The highest BCUT2D eigenvalue weighted by Crippen LogP contribution is 2.23. The van der Waals surface area contributed by atoms with Gasteiger partial charge in [-0.15, -0.1) is 11.6 Å². The Labute approximate surface area is 288 Å². The minimum atomic E-state index is -0.149. The van der Waals surface area contributed by atoms with Crippen LogP contribution in [0, 0.1) is 0 Å². The third kappa shape index (κ3) is 8.72. The van der Waals surface area contributed by atoms with Gasteiger partial charge in [-0.05, 0) is 109 Å². The molecule has 0 unspecified atom stereocenters. The molecule has 254 valence electrons. The summed E-state index contributed by atoms with van der Waals surface area (Å²) in [5, 5.41) is 2.89. The lowest BCUT2D eigenvalue weighted by atomic mass is 10.2. The highest BCUT2D eigenvalue weighted by atomic mass is 35.5. The van der Waals surface area contributed by atoms with E-state index in [1.165, 1.54) is 6.07 Å². The molecular weight excluding hydrogens is 642 g/mol. The third-order valence-corrected chi connectivity index (χ3v) is 8.78. The number of alkyl halides is 1. The van der Waals surface area contributed by atoms with Gasteiger partial charge in [0, 0.05) is 55.4 Å². The van der Waals surface area contributed by atoms with E-state index in [0.29, 0.717) is 50.3 Å². The van der Waals surface area contributed by atoms with Crippen LogP contribution in [0.4, 0.5) is 0 Å². The zero-order chi connectivity index (χ0) is 34.0. The van der Waals surface area contributed by atoms with Crippen LogP contribution in [0.2, 0.25) is 0 Å². The number of pyridine rings is 3. The summed E-state index contributed by atoms with van der Waals surface area (Å²) in [7, 11) is 0. The van der Waals surface area contributed by atoms with Crippen molar-refractivity contribution < 1.29 is 14.2 Å². The Morgan fingerprint density at radius 3 is 1.49 bits per heavy atom. The van der Waals surface area contributed by atoms with Gasteiger partial charge in [-0.2, -0.15) is 0 Å². The van der Waals surface area contributed by atoms with Crippen molar-refractivity contribution in [2.24, 2.45) is 0 Å². The number of nitrogens with one attached hydrogen (secondary N) is 1. The maximum absolute atomic E-state index is 12.9. The molecule has 0 aliphatic heterocycles. The van der Waals surface area contributed by atoms with Crippen molar-refractivity contribution >= 4 is 44.3 Å². The summed E-state index contributed by atoms with van der Waals surface area (Å²) in [6.45, 7) is 2.68. The fraction of sp³-hybridized carbons (Fsp3) is 0.308. The molecule has 0 aliphatic rings. The van der Waals surface area contributed by atoms with E-state index in [1.807, 2.05) is 66.7 Å². The Hall–Kier alpha value is -5.02. The van der Waals surface area contributed by atoms with Gasteiger partial charge in [-0.3, -0.25) is 14.4 Å². The average molecular weight is 682 g/mol. The van der Waals surface area contributed by atoms with Crippen molar-refractivity contribution in [1.29, 1.82) is 0 Å². The van der Waals surface area contributed by atoms with Crippen molar-refractivity contribution in [3.8, 4) is 17.2 Å². The van der Waals surface area contributed by atoms with E-state index in [2.05, 4.69) is 4.98 Å². The van der Waals surface area contributed by atoms with Gasteiger partial charge in [-0.1, -0.05) is 0 Å². The fourth-order valence-electron chi connectivity index (χ4n) is 5.91. The van der Waals surface area contributed by atoms with Crippen LogP contribution in [0.1, 0.15) is 38.5 Å². The van der Waals surface area contributed by atoms with Gasteiger partial charge < -0.3 is 28.3 Å². The van der Waals surface area contributed by atoms with E-state index in [-0.39, 0.29) is 16.7 Å². The first-order valence-electron chi connectivity index (χ1n) is 16.8. The molecule has 10 heteroatoms. The van der Waals surface area contributed by atoms with E-state index in [0.717, 1.165) is 77.0 Å². The molecule has 0 bridgehead atoms. The molecule has 0 amide bonds. The van der Waals surface area contributed by atoms with Gasteiger partial charge in [0.1, 0.15) is 17.2 Å². The van der Waals surface area contributed by atoms with E-state index in [4.69, 9.17) is 25.8 Å². The van der Waals surface area contributed by atoms with Crippen molar-refractivity contribution in [3.63, 3.8) is 0 Å². The molecule has 0 aliphatic carbocycles. The van der Waals surface area contributed by atoms with Crippen LogP contribution < -0.4 is 30.9 Å². The predicted octanol–water partition coefficient (Wildman–Crippen LogP) is 7.27. The monoisotopic (exact) mass is 681 g/mol. The third-order valence-electron chi connectivity index (χ3n) is 8.51. The Morgan fingerprint density at radius 1 is 0.510 bits per heavy atom. The molecule has 1 N–H and O–H groups in total. The standard InChI is InChI=1S/C39H40ClN3O6/c40-19-1-4-22-48-32-14-8-29-11-17-39(46)43(35(29)26-32)21-3-6-24-49-33-15-9-30-12-18-38(45)42(36(30)27-33)20-2-5-23-47-31-13-7-28-10-16-37(44)41-34(28)25-31/h7-18,25-27H,1-6,19-24H2,(H,41,44). The van der Waals surface area contributed by atoms with Crippen molar-refractivity contribution in [1.82, 2.24) is 14.1 Å². The summed E-state index contributed by atoms with van der Waals surface area (Å²) < 4.78 is 21.5. The lowest BCUT2D eigenvalue weighted by Gasteiger charge is -2.14. The summed E-state index contributed by atoms with van der Waals surface area (Å²) in [5.74, 6) is 2.75. The Balaban J connectivity index is 1.01. The Bertz CT molecular complexity index is 2220. The smallest absolute Gasteiger partial charge is 0.251 e. The van der Waals surface area contributed by atoms with Gasteiger partial charge in [0.2, 0.25) is 5.56 Å². The van der Waals surface area contributed by atoms with Crippen molar-refractivity contribution in [2.75, 3.05) is 25.7 Å². The van der Waals surface area contributed by atoms with E-state index in [9.17, 15) is 14.4 Å². The van der Waals surface area contributed by atoms with Crippen LogP contribution in [0.15, 0.2) is 105 Å². The maximum atomic E-state index is 12.9. The summed E-state index contributed by atoms with van der Waals surface area (Å²) in [4.78, 5) is 40.1. The molecule has 0 saturated carbocycles. The van der Waals surface area contributed by atoms with Gasteiger partial charge in [0.05, 0.1) is 36.4 Å². The number of fused-ring (bicyclic) bond motifs is 3. The van der Waals surface area contributed by atoms with Gasteiger partial charge in [0.25, 0.3) is 11.1 Å². The Morgan fingerprint density at radius 2 is 0.959 bits per heavy atom. The molecule has 0 fully saturated rings. The zero-order valence-corrected chi connectivity index (χ0v) is 28.1. The number of hydrogen-bond acceptors (Lipinski definition) is 6. The number of aryl methyl sites for hydroxylation is 2. The minimum absolute atomic E-state index is 0.0435. The lowest BCUT2D eigenvalue weighted by molar-refractivity contribution is 0.302. The van der Waals surface area contributed by atoms with Crippen LogP contribution in [-0.4, -0.2) is 39.8 Å². The summed E-state index contributed by atoms with van der Waals surface area (Å²) >= 11 is 5.77. The fourth-order valence-corrected chi connectivity index (χ4v) is 6.09. The molecule has 0 spiro atoms. The number of unbranched alkanes of at least 4 members (excludes halogenated alkanes) is 3. The minimum Gasteiger partial charge on any atom is -0.494 e. The topological polar surface area (TPSA) is 105 Å². The van der Waals surface area contributed by atoms with Gasteiger partial charge in [-0.25, -0.2) is 0 Å². The maximum Gasteiger partial charge on any atom is 0.251 e. The summed E-state index contributed by atoms with van der Waals surface area (Å²) in [6.07, 6.45) is 4.81. The van der Waals surface area contributed by atoms with Gasteiger partial charge >= 0.3 is 0 Å². The number of ether oxygens (including phenoxy) is 3. The first kappa shape index (κ1) is 33.9. The average Bonchev–Trinajstić information content (AvgIpc) is 3.11. The number of rotatable bonds is 17. The molecule has 9 nitrogen and oxygen atoms in total. The van der Waals surface area contributed by atoms with E-state index in [1.54, 1.807) is 27.3 Å². The first-order chi connectivity index (χ1) is 24.0. The number of aromatic nitrogens is 3. The molecule has 0 saturated heterocycles. The second kappa shape index (κ2) is 16.4. The first-order valence-corrected chi connectivity index (χ1v) is 17.4. The van der Waals surface area contributed by atoms with Crippen LogP contribution in [0.3, 0.4) is 0 Å². The van der Waals surface area contributed by atoms with E-state index >= 15 is 0 Å². The highest BCUT2D eigenvalue weighted by Gasteiger charge is 2.08. The number of nitrogens with zero attached hydrogens (tertiary/aromatic N) is 2. The molecule has 3 aromatic heterocycles. The predicted molar refractivity (Wildman–Crippen MR) is 196 cm³/mol. The van der Waals surface area contributed by atoms with E-state index < -0.39 is 0 Å². The normalized spacial score (nSPS) is 11.4. The molecule has 6 aromatic rings. The summed E-state index contributed by atoms with van der Waals surface area (Å²) in [5.41, 5.74) is 2.16. The SMILES string of the molecule is O=c1ccc2ccc(OCCCCn3c(=O)ccc4ccc(OCCCCn5c(=O)ccc6ccc(OCCCCCl)cc65)cc43)cc2[nH]1. The number of halogens is 1. The van der Waals surface area contributed by atoms with Crippen LogP contribution in [0.5, 0.6) is 17.2 Å². The molecule has 6 rings (SSSR count). The summed E-state index contributed by atoms with van der Waals surface area (Å²) in [6, 6.07) is 27.5. The van der Waals surface area contributed by atoms with Crippen LogP contribution >= 0.6 is 11.6 Å². The molecule has 49 heavy (non-hydrogen) atoms. The van der Waals surface area contributed by atoms with Crippen molar-refractivity contribution in [3.05, 3.63) is 122 Å². The van der Waals surface area contributed by atoms with Gasteiger partial charge in [0.15, 0.2) is 0 Å². The molecule has 3 aromatic carbocycles.